The largest absolute Gasteiger partial charge is 0.459 e. The smallest absolute Gasteiger partial charge is 0.333 e. The molecule has 0 saturated heterocycles. The summed E-state index contributed by atoms with van der Waals surface area (Å²) in [6, 6.07) is 0. The Morgan fingerprint density at radius 3 is 2.64 bits per heavy atom. The molecule has 2 nitrogen and oxygen atoms in total. The Bertz CT molecular complexity index is 204. The van der Waals surface area contributed by atoms with E-state index >= 15 is 0 Å². The molecular formula is C9H14O2. The Kier molecular flexibility index (Phi) is 2.32. The normalized spacial score (nSPS) is 25.4. The summed E-state index contributed by atoms with van der Waals surface area (Å²) in [6.45, 7) is 5.86. The van der Waals surface area contributed by atoms with Crippen LogP contribution in [0.15, 0.2) is 11.1 Å². The van der Waals surface area contributed by atoms with Gasteiger partial charge in [0.25, 0.3) is 0 Å². The molecule has 0 fully saturated rings. The van der Waals surface area contributed by atoms with Gasteiger partial charge in [-0.25, -0.2) is 4.79 Å². The highest BCUT2D eigenvalue weighted by Crippen LogP contribution is 2.22. The maximum Gasteiger partial charge on any atom is 0.333 e. The van der Waals surface area contributed by atoms with E-state index in [0.29, 0.717) is 0 Å². The van der Waals surface area contributed by atoms with Crippen LogP contribution >= 0.6 is 0 Å². The number of hydrogen-bond donors (Lipinski definition) is 0. The lowest BCUT2D eigenvalue weighted by Gasteiger charge is -2.22. The van der Waals surface area contributed by atoms with Crippen molar-refractivity contribution >= 4 is 5.97 Å². The number of carbonyl (C=O) groups is 1. The van der Waals surface area contributed by atoms with Crippen molar-refractivity contribution in [1.29, 1.82) is 0 Å². The summed E-state index contributed by atoms with van der Waals surface area (Å²) in [5.41, 5.74) is 1.96. The Hall–Kier alpha value is -0.790. The zero-order valence-electron chi connectivity index (χ0n) is 7.31. The molecule has 1 aliphatic heterocycles. The molecule has 1 aliphatic rings. The number of carbonyl (C=O) groups excluding carboxylic acids is 1. The highest BCUT2D eigenvalue weighted by molar-refractivity contribution is 5.89. The lowest BCUT2D eigenvalue weighted by molar-refractivity contribution is -0.145. The molecule has 62 valence electrons. The van der Waals surface area contributed by atoms with Gasteiger partial charge >= 0.3 is 5.97 Å². The predicted molar refractivity (Wildman–Crippen MR) is 43.2 cm³/mol. The molecule has 0 saturated carbocycles. The van der Waals surface area contributed by atoms with Crippen LogP contribution in [0, 0.1) is 0 Å². The quantitative estimate of drug-likeness (QED) is 0.540. The molecule has 0 spiro atoms. The summed E-state index contributed by atoms with van der Waals surface area (Å²) in [6.07, 6.45) is 1.94. The monoisotopic (exact) mass is 154 g/mol. The van der Waals surface area contributed by atoms with Crippen LogP contribution in [0.2, 0.25) is 0 Å². The van der Waals surface area contributed by atoms with Crippen LogP contribution in [0.25, 0.3) is 0 Å². The van der Waals surface area contributed by atoms with Crippen LogP contribution < -0.4 is 0 Å². The van der Waals surface area contributed by atoms with E-state index in [0.717, 1.165) is 18.4 Å². The Balaban J connectivity index is 2.76. The van der Waals surface area contributed by atoms with Gasteiger partial charge in [0, 0.05) is 12.0 Å². The highest BCUT2D eigenvalue weighted by Gasteiger charge is 2.22. The summed E-state index contributed by atoms with van der Waals surface area (Å²) in [7, 11) is 0. The number of ether oxygens (including phenoxy) is 1. The summed E-state index contributed by atoms with van der Waals surface area (Å²) < 4.78 is 5.12. The summed E-state index contributed by atoms with van der Waals surface area (Å²) in [5.74, 6) is -0.138. The zero-order valence-corrected chi connectivity index (χ0v) is 7.31. The molecule has 0 bridgehead atoms. The van der Waals surface area contributed by atoms with Gasteiger partial charge in [-0.1, -0.05) is 12.5 Å². The Morgan fingerprint density at radius 2 is 2.18 bits per heavy atom. The van der Waals surface area contributed by atoms with Crippen LogP contribution in [0.3, 0.4) is 0 Å². The Labute approximate surface area is 67.2 Å². The SMILES string of the molecule is CCC1CC(C)=C(C)C(=O)O1. The second-order valence-electron chi connectivity index (χ2n) is 3.05. The minimum Gasteiger partial charge on any atom is -0.459 e. The second-order valence-corrected chi connectivity index (χ2v) is 3.05. The van der Waals surface area contributed by atoms with Crippen molar-refractivity contribution in [3.63, 3.8) is 0 Å². The van der Waals surface area contributed by atoms with Gasteiger partial charge in [-0.3, -0.25) is 0 Å². The van der Waals surface area contributed by atoms with Crippen LogP contribution in [0.4, 0.5) is 0 Å². The van der Waals surface area contributed by atoms with E-state index in [4.69, 9.17) is 4.74 Å². The molecule has 0 aromatic heterocycles. The van der Waals surface area contributed by atoms with Gasteiger partial charge in [-0.15, -0.1) is 0 Å². The number of hydrogen-bond acceptors (Lipinski definition) is 2. The maximum atomic E-state index is 11.1. The van der Waals surface area contributed by atoms with Crippen molar-refractivity contribution in [1.82, 2.24) is 0 Å². The third-order valence-corrected chi connectivity index (χ3v) is 2.21. The van der Waals surface area contributed by atoms with Crippen LogP contribution in [-0.2, 0) is 9.53 Å². The lowest BCUT2D eigenvalue weighted by atomic mass is 10.0. The first-order chi connectivity index (χ1) is 5.15. The van der Waals surface area contributed by atoms with Gasteiger partial charge in [0.05, 0.1) is 0 Å². The number of esters is 1. The molecule has 0 aromatic rings. The molecule has 0 aromatic carbocycles. The van der Waals surface area contributed by atoms with E-state index in [-0.39, 0.29) is 12.1 Å². The summed E-state index contributed by atoms with van der Waals surface area (Å²) in [4.78, 5) is 11.1. The molecule has 0 N–H and O–H groups in total. The second kappa shape index (κ2) is 3.07. The van der Waals surface area contributed by atoms with E-state index < -0.39 is 0 Å². The van der Waals surface area contributed by atoms with E-state index in [2.05, 4.69) is 0 Å². The average Bonchev–Trinajstić information content (AvgIpc) is 1.99. The minimum atomic E-state index is -0.138. The fourth-order valence-electron chi connectivity index (χ4n) is 1.18. The van der Waals surface area contributed by atoms with Crippen molar-refractivity contribution < 1.29 is 9.53 Å². The minimum absolute atomic E-state index is 0.117. The van der Waals surface area contributed by atoms with Gasteiger partial charge < -0.3 is 4.74 Å². The molecule has 1 unspecified atom stereocenters. The topological polar surface area (TPSA) is 26.3 Å². The van der Waals surface area contributed by atoms with Crippen molar-refractivity contribution in [3.05, 3.63) is 11.1 Å². The molecule has 2 heteroatoms. The van der Waals surface area contributed by atoms with E-state index in [1.807, 2.05) is 20.8 Å². The molecule has 1 atom stereocenters. The lowest BCUT2D eigenvalue weighted by Crippen LogP contribution is -2.24. The van der Waals surface area contributed by atoms with Crippen molar-refractivity contribution in [2.75, 3.05) is 0 Å². The van der Waals surface area contributed by atoms with Gasteiger partial charge in [-0.2, -0.15) is 0 Å². The molecule has 0 aliphatic carbocycles. The van der Waals surface area contributed by atoms with E-state index in [9.17, 15) is 4.79 Å². The third-order valence-electron chi connectivity index (χ3n) is 2.21. The zero-order chi connectivity index (χ0) is 8.43. The average molecular weight is 154 g/mol. The van der Waals surface area contributed by atoms with Gasteiger partial charge in [0.15, 0.2) is 0 Å². The van der Waals surface area contributed by atoms with Gasteiger partial charge in [0.2, 0.25) is 0 Å². The third kappa shape index (κ3) is 1.62. The van der Waals surface area contributed by atoms with Crippen LogP contribution in [-0.4, -0.2) is 12.1 Å². The number of rotatable bonds is 1. The van der Waals surface area contributed by atoms with Crippen molar-refractivity contribution in [3.8, 4) is 0 Å². The molecule has 1 rings (SSSR count). The summed E-state index contributed by atoms with van der Waals surface area (Å²) in [5, 5.41) is 0. The molecule has 0 amide bonds. The van der Waals surface area contributed by atoms with Gasteiger partial charge in [0.1, 0.15) is 6.10 Å². The van der Waals surface area contributed by atoms with Crippen LogP contribution in [0.5, 0.6) is 0 Å². The first kappa shape index (κ1) is 8.31. The molecular weight excluding hydrogens is 140 g/mol. The maximum absolute atomic E-state index is 11.1. The first-order valence-corrected chi connectivity index (χ1v) is 4.02. The van der Waals surface area contributed by atoms with E-state index in [1.165, 1.54) is 5.57 Å². The number of cyclic esters (lactones) is 1. The standard InChI is InChI=1S/C9H14O2/c1-4-8-5-6(2)7(3)9(10)11-8/h8H,4-5H2,1-3H3. The molecule has 11 heavy (non-hydrogen) atoms. The van der Waals surface area contributed by atoms with Crippen molar-refractivity contribution in [2.45, 2.75) is 39.7 Å². The fraction of sp³-hybridized carbons (Fsp3) is 0.667. The van der Waals surface area contributed by atoms with Gasteiger partial charge in [-0.05, 0) is 20.3 Å². The van der Waals surface area contributed by atoms with Crippen LogP contribution in [0.1, 0.15) is 33.6 Å². The molecule has 0 radical (unpaired) electrons. The highest BCUT2D eigenvalue weighted by atomic mass is 16.5. The summed E-state index contributed by atoms with van der Waals surface area (Å²) >= 11 is 0. The predicted octanol–water partition coefficient (Wildman–Crippen LogP) is 2.05. The Morgan fingerprint density at radius 1 is 1.55 bits per heavy atom. The van der Waals surface area contributed by atoms with Crippen molar-refractivity contribution in [2.24, 2.45) is 0 Å². The van der Waals surface area contributed by atoms with E-state index in [1.54, 1.807) is 0 Å². The first-order valence-electron chi connectivity index (χ1n) is 4.02. The molecule has 1 heterocycles. The fourth-order valence-corrected chi connectivity index (χ4v) is 1.18.